The number of rotatable bonds is 7. The zero-order valence-electron chi connectivity index (χ0n) is 26.0. The highest BCUT2D eigenvalue weighted by atomic mass is 35.5. The van der Waals surface area contributed by atoms with Crippen LogP contribution >= 0.6 is 11.6 Å². The molecule has 0 spiro atoms. The summed E-state index contributed by atoms with van der Waals surface area (Å²) in [7, 11) is -9.97. The molecule has 2 heterocycles. The summed E-state index contributed by atoms with van der Waals surface area (Å²) in [4.78, 5) is 40.7. The van der Waals surface area contributed by atoms with Gasteiger partial charge in [0.05, 0.1) is 41.4 Å². The molecule has 1 aromatic heterocycles. The average Bonchev–Trinajstić information content (AvgIpc) is 3.03. The van der Waals surface area contributed by atoms with Crippen LogP contribution in [0, 0.1) is 20.8 Å². The molecule has 6 rings (SSSR count). The molecular formula is C30H28ClN7O9S2. The number of aromatic nitrogens is 3. The number of morpholine rings is 1. The number of nitrogen functional groups attached to an aromatic ring is 1. The SMILES string of the molecule is Cc1c(Nc2nc(Cl)nc(N3CCOCC3)n2)c(C)c(S(=O)(=O)O)c(C)c1Nc1cc(S(=O)(=O)O)c(N)c2c1C(=O)c1ccccc1C2=O. The summed E-state index contributed by atoms with van der Waals surface area (Å²) in [5, 5.41) is 5.71. The van der Waals surface area contributed by atoms with Crippen LogP contribution in [-0.4, -0.2) is 78.8 Å². The average molecular weight is 730 g/mol. The van der Waals surface area contributed by atoms with Crippen molar-refractivity contribution in [1.29, 1.82) is 0 Å². The van der Waals surface area contributed by atoms with E-state index < -0.39 is 52.8 Å². The molecular weight excluding hydrogens is 702 g/mol. The molecule has 0 amide bonds. The van der Waals surface area contributed by atoms with Crippen LogP contribution in [0.2, 0.25) is 5.28 Å². The third-order valence-corrected chi connectivity index (χ3v) is 10.5. The molecule has 4 aromatic rings. The lowest BCUT2D eigenvalue weighted by molar-refractivity contribution is 0.0980. The number of ether oxygens (including phenoxy) is 1. The number of halogens is 1. The largest absolute Gasteiger partial charge is 0.397 e. The third kappa shape index (κ3) is 6.06. The Kier molecular flexibility index (Phi) is 8.58. The maximum atomic E-state index is 13.9. The van der Waals surface area contributed by atoms with Crippen molar-refractivity contribution in [3.8, 4) is 0 Å². The van der Waals surface area contributed by atoms with Gasteiger partial charge in [0.1, 0.15) is 9.79 Å². The summed E-state index contributed by atoms with van der Waals surface area (Å²) >= 11 is 6.23. The van der Waals surface area contributed by atoms with Crippen LogP contribution in [0.3, 0.4) is 0 Å². The van der Waals surface area contributed by atoms with Crippen LogP contribution in [-0.2, 0) is 25.0 Å². The summed E-state index contributed by atoms with van der Waals surface area (Å²) < 4.78 is 76.3. The minimum absolute atomic E-state index is 0.0124. The second kappa shape index (κ2) is 12.3. The predicted octanol–water partition coefficient (Wildman–Crippen LogP) is 3.63. The highest BCUT2D eigenvalue weighted by Crippen LogP contribution is 2.44. The number of carbonyl (C=O) groups is 2. The number of nitrogens with one attached hydrogen (secondary N) is 2. The van der Waals surface area contributed by atoms with Gasteiger partial charge in [0.15, 0.2) is 11.6 Å². The van der Waals surface area contributed by atoms with Crippen LogP contribution in [0.4, 0.5) is 34.6 Å². The van der Waals surface area contributed by atoms with Gasteiger partial charge in [-0.15, -0.1) is 0 Å². The molecule has 6 N–H and O–H groups in total. The summed E-state index contributed by atoms with van der Waals surface area (Å²) in [6.07, 6.45) is 0. The number of anilines is 6. The number of carbonyl (C=O) groups excluding carboxylic acids is 2. The van der Waals surface area contributed by atoms with Crippen molar-refractivity contribution in [2.45, 2.75) is 30.6 Å². The van der Waals surface area contributed by atoms with Crippen molar-refractivity contribution in [2.24, 2.45) is 0 Å². The lowest BCUT2D eigenvalue weighted by atomic mass is 9.82. The Morgan fingerprint density at radius 1 is 0.837 bits per heavy atom. The minimum Gasteiger partial charge on any atom is -0.397 e. The number of nitrogens with two attached hydrogens (primary N) is 1. The van der Waals surface area contributed by atoms with Gasteiger partial charge in [0, 0.05) is 29.9 Å². The Hall–Kier alpha value is -4.72. The highest BCUT2D eigenvalue weighted by Gasteiger charge is 2.37. The number of fused-ring (bicyclic) bond motifs is 2. The van der Waals surface area contributed by atoms with Crippen LogP contribution in [0.5, 0.6) is 0 Å². The fourth-order valence-electron chi connectivity index (χ4n) is 6.11. The Morgan fingerprint density at radius 2 is 1.41 bits per heavy atom. The monoisotopic (exact) mass is 729 g/mol. The van der Waals surface area contributed by atoms with E-state index in [0.29, 0.717) is 31.9 Å². The van der Waals surface area contributed by atoms with E-state index in [1.807, 2.05) is 4.90 Å². The molecule has 1 fully saturated rings. The first-order valence-electron chi connectivity index (χ1n) is 14.5. The first-order valence-corrected chi connectivity index (χ1v) is 17.8. The lowest BCUT2D eigenvalue weighted by Gasteiger charge is -2.27. The second-order valence-electron chi connectivity index (χ2n) is 11.3. The molecule has 0 unspecified atom stereocenters. The molecule has 2 aliphatic rings. The summed E-state index contributed by atoms with van der Waals surface area (Å²) in [6.45, 7) is 6.20. The first-order chi connectivity index (χ1) is 23.0. The van der Waals surface area contributed by atoms with E-state index in [0.717, 1.165) is 6.07 Å². The molecule has 49 heavy (non-hydrogen) atoms. The zero-order chi connectivity index (χ0) is 35.6. The van der Waals surface area contributed by atoms with Crippen molar-refractivity contribution in [3.05, 3.63) is 74.6 Å². The van der Waals surface area contributed by atoms with Crippen molar-refractivity contribution in [3.63, 3.8) is 0 Å². The van der Waals surface area contributed by atoms with Crippen molar-refractivity contribution >= 4 is 78.0 Å². The van der Waals surface area contributed by atoms with Crippen molar-refractivity contribution in [1.82, 2.24) is 15.0 Å². The highest BCUT2D eigenvalue weighted by molar-refractivity contribution is 7.86. The van der Waals surface area contributed by atoms with E-state index in [-0.39, 0.29) is 62.1 Å². The first kappa shape index (κ1) is 34.2. The molecule has 0 saturated carbocycles. The maximum Gasteiger partial charge on any atom is 0.296 e. The fraction of sp³-hybridized carbons (Fsp3) is 0.233. The number of hydrogen-bond donors (Lipinski definition) is 5. The number of ketones is 2. The fourth-order valence-corrected chi connectivity index (χ4v) is 7.89. The van der Waals surface area contributed by atoms with Gasteiger partial charge in [-0.1, -0.05) is 24.3 Å². The summed E-state index contributed by atoms with van der Waals surface area (Å²) in [5.74, 6) is -1.29. The van der Waals surface area contributed by atoms with Gasteiger partial charge < -0.3 is 26.0 Å². The molecule has 0 atom stereocenters. The van der Waals surface area contributed by atoms with E-state index in [2.05, 4.69) is 25.6 Å². The Labute approximate surface area is 285 Å². The lowest BCUT2D eigenvalue weighted by Crippen LogP contribution is -2.37. The van der Waals surface area contributed by atoms with Crippen LogP contribution < -0.4 is 21.3 Å². The van der Waals surface area contributed by atoms with Gasteiger partial charge >= 0.3 is 0 Å². The molecule has 1 aliphatic carbocycles. The summed E-state index contributed by atoms with van der Waals surface area (Å²) in [5.41, 5.74) is 4.81. The molecule has 19 heteroatoms. The second-order valence-corrected chi connectivity index (χ2v) is 14.4. The minimum atomic E-state index is -5.05. The van der Waals surface area contributed by atoms with Crippen LogP contribution in [0.15, 0.2) is 40.1 Å². The number of nitrogens with zero attached hydrogens (tertiary/aromatic N) is 4. The van der Waals surface area contributed by atoms with Gasteiger partial charge in [-0.25, -0.2) is 0 Å². The van der Waals surface area contributed by atoms with E-state index in [1.165, 1.54) is 32.0 Å². The van der Waals surface area contributed by atoms with Crippen molar-refractivity contribution < 1.29 is 40.3 Å². The van der Waals surface area contributed by atoms with E-state index >= 15 is 0 Å². The molecule has 0 bridgehead atoms. The molecule has 0 radical (unpaired) electrons. The third-order valence-electron chi connectivity index (χ3n) is 8.30. The summed E-state index contributed by atoms with van der Waals surface area (Å²) in [6, 6.07) is 6.74. The van der Waals surface area contributed by atoms with E-state index in [4.69, 9.17) is 22.1 Å². The Bertz CT molecular complexity index is 2330. The van der Waals surface area contributed by atoms with Gasteiger partial charge in [-0.2, -0.15) is 31.8 Å². The van der Waals surface area contributed by atoms with Crippen molar-refractivity contribution in [2.75, 3.05) is 47.6 Å². The molecule has 3 aromatic carbocycles. The number of benzene rings is 3. The molecule has 1 aliphatic heterocycles. The van der Waals surface area contributed by atoms with Gasteiger partial charge in [-0.05, 0) is 55.1 Å². The van der Waals surface area contributed by atoms with Gasteiger partial charge in [0.2, 0.25) is 17.2 Å². The van der Waals surface area contributed by atoms with Crippen LogP contribution in [0.1, 0.15) is 48.5 Å². The molecule has 1 saturated heterocycles. The number of hydrogen-bond acceptors (Lipinski definition) is 14. The quantitative estimate of drug-likeness (QED) is 0.119. The van der Waals surface area contributed by atoms with Crippen LogP contribution in [0.25, 0.3) is 0 Å². The van der Waals surface area contributed by atoms with Gasteiger partial charge in [0.25, 0.3) is 20.2 Å². The molecule has 16 nitrogen and oxygen atoms in total. The topological polar surface area (TPSA) is 244 Å². The molecule has 256 valence electrons. The normalized spacial score (nSPS) is 14.8. The standard InChI is InChI=1S/C30H28ClN7O9S2/c1-13-23(33-18-12-19(48(41,42)43)22(32)21-20(18)25(39)16-6-4-5-7-17(16)26(21)40)14(2)27(49(44,45)46)15(3)24(13)34-29-35-28(31)36-30(37-29)38-8-10-47-11-9-38/h4-7,12,33H,8-11,32H2,1-3H3,(H,41,42,43)(H,44,45,46)(H,34,35,36,37). The zero-order valence-corrected chi connectivity index (χ0v) is 28.4. The van der Waals surface area contributed by atoms with E-state index in [9.17, 15) is 35.5 Å². The maximum absolute atomic E-state index is 13.9. The smallest absolute Gasteiger partial charge is 0.296 e. The Morgan fingerprint density at radius 3 is 1.98 bits per heavy atom. The Balaban J connectivity index is 1.57. The van der Waals surface area contributed by atoms with Gasteiger partial charge in [-0.3, -0.25) is 18.7 Å². The predicted molar refractivity (Wildman–Crippen MR) is 179 cm³/mol. The van der Waals surface area contributed by atoms with E-state index in [1.54, 1.807) is 13.0 Å².